The van der Waals surface area contributed by atoms with Gasteiger partial charge in [-0.3, -0.25) is 9.69 Å². The van der Waals surface area contributed by atoms with Crippen LogP contribution in [-0.4, -0.2) is 60.5 Å². The van der Waals surface area contributed by atoms with E-state index in [-0.39, 0.29) is 5.91 Å². The third-order valence-corrected chi connectivity index (χ3v) is 3.87. The first-order valence-electron chi connectivity index (χ1n) is 7.16. The van der Waals surface area contributed by atoms with Crippen molar-refractivity contribution in [2.45, 2.75) is 6.42 Å². The van der Waals surface area contributed by atoms with Crippen molar-refractivity contribution in [2.75, 3.05) is 45.1 Å². The van der Waals surface area contributed by atoms with Crippen LogP contribution in [0.5, 0.6) is 0 Å². The number of para-hydroxylation sites is 1. The van der Waals surface area contributed by atoms with E-state index in [1.165, 1.54) is 0 Å². The topological polar surface area (TPSA) is 61.6 Å². The highest BCUT2D eigenvalue weighted by atomic mass is 32.1. The van der Waals surface area contributed by atoms with Crippen LogP contribution >= 0.6 is 12.2 Å². The van der Waals surface area contributed by atoms with Crippen molar-refractivity contribution in [1.29, 1.82) is 0 Å². The fraction of sp³-hybridized carbons (Fsp3) is 0.467. The minimum absolute atomic E-state index is 0.0248. The zero-order chi connectivity index (χ0) is 15.2. The highest BCUT2D eigenvalue weighted by Gasteiger charge is 2.16. The van der Waals surface area contributed by atoms with Crippen molar-refractivity contribution in [2.24, 2.45) is 5.73 Å². The number of hydrogen-bond donors (Lipinski definition) is 2. The monoisotopic (exact) mass is 306 g/mol. The fourth-order valence-corrected chi connectivity index (χ4v) is 2.64. The minimum Gasteiger partial charge on any atom is -0.389 e. The predicted molar refractivity (Wildman–Crippen MR) is 89.5 cm³/mol. The van der Waals surface area contributed by atoms with Crippen molar-refractivity contribution in [3.05, 3.63) is 29.8 Å². The highest BCUT2D eigenvalue weighted by Crippen LogP contribution is 2.14. The second-order valence-electron chi connectivity index (χ2n) is 5.39. The Hall–Kier alpha value is -1.50. The molecule has 5 nitrogen and oxygen atoms in total. The van der Waals surface area contributed by atoms with E-state index in [0.717, 1.165) is 32.6 Å². The molecule has 6 heteroatoms. The molecule has 21 heavy (non-hydrogen) atoms. The summed E-state index contributed by atoms with van der Waals surface area (Å²) in [6.07, 6.45) is 1.09. The molecule has 1 saturated heterocycles. The number of thiocarbonyl (C=S) groups is 1. The van der Waals surface area contributed by atoms with Crippen LogP contribution in [0, 0.1) is 0 Å². The Morgan fingerprint density at radius 1 is 1.29 bits per heavy atom. The number of nitrogens with one attached hydrogen (secondary N) is 1. The lowest BCUT2D eigenvalue weighted by Crippen LogP contribution is -2.36. The van der Waals surface area contributed by atoms with Crippen molar-refractivity contribution >= 4 is 28.8 Å². The Morgan fingerprint density at radius 3 is 2.81 bits per heavy atom. The first-order chi connectivity index (χ1) is 10.1. The van der Waals surface area contributed by atoms with Gasteiger partial charge < -0.3 is 16.0 Å². The molecule has 1 aliphatic rings. The van der Waals surface area contributed by atoms with Crippen LogP contribution < -0.4 is 11.1 Å². The number of nitrogens with two attached hydrogens (primary N) is 1. The van der Waals surface area contributed by atoms with Gasteiger partial charge in [0.25, 0.3) is 0 Å². The van der Waals surface area contributed by atoms with Crippen molar-refractivity contribution in [3.63, 3.8) is 0 Å². The Balaban J connectivity index is 1.94. The van der Waals surface area contributed by atoms with Crippen molar-refractivity contribution in [3.8, 4) is 0 Å². The molecule has 1 amide bonds. The molecule has 3 N–H and O–H groups in total. The molecular formula is C15H22N4OS. The van der Waals surface area contributed by atoms with Crippen LogP contribution in [0.15, 0.2) is 24.3 Å². The Morgan fingerprint density at radius 2 is 2.05 bits per heavy atom. The lowest BCUT2D eigenvalue weighted by molar-refractivity contribution is -0.117. The molecule has 2 rings (SSSR count). The number of amides is 1. The van der Waals surface area contributed by atoms with Gasteiger partial charge in [-0.15, -0.1) is 0 Å². The van der Waals surface area contributed by atoms with Gasteiger partial charge in [-0.1, -0.05) is 24.4 Å². The van der Waals surface area contributed by atoms with E-state index in [1.807, 2.05) is 24.3 Å². The van der Waals surface area contributed by atoms with Crippen LogP contribution in [0.2, 0.25) is 0 Å². The van der Waals surface area contributed by atoms with E-state index in [2.05, 4.69) is 22.2 Å². The molecule has 0 radical (unpaired) electrons. The van der Waals surface area contributed by atoms with Gasteiger partial charge in [0.05, 0.1) is 12.2 Å². The number of carbonyl (C=O) groups is 1. The van der Waals surface area contributed by atoms with Gasteiger partial charge in [-0.05, 0) is 38.7 Å². The summed E-state index contributed by atoms with van der Waals surface area (Å²) in [5.41, 5.74) is 7.06. The Labute approximate surface area is 131 Å². The molecule has 0 aromatic heterocycles. The summed E-state index contributed by atoms with van der Waals surface area (Å²) in [5, 5.41) is 2.91. The third-order valence-electron chi connectivity index (χ3n) is 3.65. The highest BCUT2D eigenvalue weighted by molar-refractivity contribution is 7.80. The second-order valence-corrected chi connectivity index (χ2v) is 5.83. The van der Waals surface area contributed by atoms with Crippen LogP contribution in [0.3, 0.4) is 0 Å². The smallest absolute Gasteiger partial charge is 0.238 e. The molecule has 1 aliphatic heterocycles. The minimum atomic E-state index is -0.0248. The van der Waals surface area contributed by atoms with E-state index < -0.39 is 0 Å². The average molecular weight is 306 g/mol. The third kappa shape index (κ3) is 4.77. The first-order valence-corrected chi connectivity index (χ1v) is 7.56. The summed E-state index contributed by atoms with van der Waals surface area (Å²) < 4.78 is 0. The molecular weight excluding hydrogens is 284 g/mol. The number of nitrogens with zero attached hydrogens (tertiary/aromatic N) is 2. The van der Waals surface area contributed by atoms with Crippen LogP contribution in [0.25, 0.3) is 0 Å². The van der Waals surface area contributed by atoms with Gasteiger partial charge in [0.15, 0.2) is 0 Å². The fourth-order valence-electron chi connectivity index (χ4n) is 2.46. The van der Waals surface area contributed by atoms with Gasteiger partial charge in [-0.2, -0.15) is 0 Å². The number of anilines is 1. The summed E-state index contributed by atoms with van der Waals surface area (Å²) in [4.78, 5) is 17.0. The zero-order valence-electron chi connectivity index (χ0n) is 12.3. The van der Waals surface area contributed by atoms with Gasteiger partial charge in [0.1, 0.15) is 4.99 Å². The maximum Gasteiger partial charge on any atom is 0.238 e. The predicted octanol–water partition coefficient (Wildman–Crippen LogP) is 0.897. The molecule has 0 spiro atoms. The number of carbonyl (C=O) groups excluding carboxylic acids is 1. The lowest BCUT2D eigenvalue weighted by atomic mass is 10.2. The first kappa shape index (κ1) is 15.9. The molecule has 1 aromatic carbocycles. The van der Waals surface area contributed by atoms with E-state index in [4.69, 9.17) is 18.0 Å². The molecule has 0 bridgehead atoms. The molecule has 0 atom stereocenters. The normalized spacial score (nSPS) is 17.2. The summed E-state index contributed by atoms with van der Waals surface area (Å²) in [6, 6.07) is 7.36. The summed E-state index contributed by atoms with van der Waals surface area (Å²) in [7, 11) is 2.11. The number of benzene rings is 1. The second kappa shape index (κ2) is 7.49. The maximum absolute atomic E-state index is 12.2. The largest absolute Gasteiger partial charge is 0.389 e. The standard InChI is InChI=1S/C15H22N4OS/c1-18-7-4-8-19(10-9-18)11-14(20)17-13-6-3-2-5-12(13)15(16)21/h2-3,5-6H,4,7-11H2,1H3,(H2,16,21)(H,17,20). The molecule has 1 fully saturated rings. The van der Waals surface area contributed by atoms with E-state index >= 15 is 0 Å². The van der Waals surface area contributed by atoms with Gasteiger partial charge in [0, 0.05) is 18.7 Å². The number of hydrogen-bond acceptors (Lipinski definition) is 4. The molecule has 0 aliphatic carbocycles. The molecule has 0 saturated carbocycles. The summed E-state index contributed by atoms with van der Waals surface area (Å²) >= 11 is 5.01. The van der Waals surface area contributed by atoms with E-state index in [1.54, 1.807) is 0 Å². The molecule has 114 valence electrons. The van der Waals surface area contributed by atoms with Gasteiger partial charge in [-0.25, -0.2) is 0 Å². The molecule has 0 unspecified atom stereocenters. The molecule has 1 aromatic rings. The van der Waals surface area contributed by atoms with Crippen LogP contribution in [-0.2, 0) is 4.79 Å². The number of likely N-dealkylation sites (N-methyl/N-ethyl adjacent to an activating group) is 1. The quantitative estimate of drug-likeness (QED) is 0.809. The van der Waals surface area contributed by atoms with Gasteiger partial charge >= 0.3 is 0 Å². The maximum atomic E-state index is 12.2. The summed E-state index contributed by atoms with van der Waals surface area (Å²) in [6.45, 7) is 4.36. The molecule has 1 heterocycles. The van der Waals surface area contributed by atoms with Crippen molar-refractivity contribution in [1.82, 2.24) is 9.80 Å². The summed E-state index contributed by atoms with van der Waals surface area (Å²) in [5.74, 6) is -0.0248. The van der Waals surface area contributed by atoms with Gasteiger partial charge in [0.2, 0.25) is 5.91 Å². The van der Waals surface area contributed by atoms with Crippen LogP contribution in [0.1, 0.15) is 12.0 Å². The van der Waals surface area contributed by atoms with E-state index in [0.29, 0.717) is 22.8 Å². The Bertz CT molecular complexity index is 520. The SMILES string of the molecule is CN1CCCN(CC(=O)Nc2ccccc2C(N)=S)CC1. The lowest BCUT2D eigenvalue weighted by Gasteiger charge is -2.20. The Kier molecular flexibility index (Phi) is 5.67. The zero-order valence-corrected chi connectivity index (χ0v) is 13.2. The average Bonchev–Trinajstić information content (AvgIpc) is 2.64. The van der Waals surface area contributed by atoms with Crippen LogP contribution in [0.4, 0.5) is 5.69 Å². The van der Waals surface area contributed by atoms with Crippen molar-refractivity contribution < 1.29 is 4.79 Å². The number of rotatable bonds is 4. The van der Waals surface area contributed by atoms with E-state index in [9.17, 15) is 4.79 Å².